The van der Waals surface area contributed by atoms with Gasteiger partial charge in [-0.2, -0.15) is 0 Å². The van der Waals surface area contributed by atoms with E-state index in [4.69, 9.17) is 4.42 Å². The largest absolute Gasteiger partial charge is 0.467 e. The van der Waals surface area contributed by atoms with Gasteiger partial charge in [-0.05, 0) is 36.4 Å². The number of benzene rings is 1. The SMILES string of the molecule is O=C1CSC(=N/N=C2\S[C@@H](CC(=O)Nc3ccc(Br)cc3)C(=O)N2Cc2ccco2)N1. The van der Waals surface area contributed by atoms with Gasteiger partial charge in [-0.1, -0.05) is 39.5 Å². The molecule has 2 aromatic rings. The number of nitrogens with one attached hydrogen (secondary N) is 2. The van der Waals surface area contributed by atoms with Gasteiger partial charge < -0.3 is 15.1 Å². The van der Waals surface area contributed by atoms with E-state index < -0.39 is 5.25 Å². The van der Waals surface area contributed by atoms with Crippen molar-refractivity contribution in [3.05, 3.63) is 52.9 Å². The quantitative estimate of drug-likeness (QED) is 0.564. The Balaban J connectivity index is 1.48. The summed E-state index contributed by atoms with van der Waals surface area (Å²) < 4.78 is 6.25. The van der Waals surface area contributed by atoms with Crippen LogP contribution >= 0.6 is 39.5 Å². The molecule has 0 saturated carbocycles. The van der Waals surface area contributed by atoms with Gasteiger partial charge in [0.1, 0.15) is 11.0 Å². The maximum absolute atomic E-state index is 13.0. The van der Waals surface area contributed by atoms with Crippen LogP contribution in [0.25, 0.3) is 0 Å². The highest BCUT2D eigenvalue weighted by Crippen LogP contribution is 2.31. The number of furan rings is 1. The van der Waals surface area contributed by atoms with E-state index in [1.807, 2.05) is 12.1 Å². The smallest absolute Gasteiger partial charge is 0.243 e. The molecule has 2 N–H and O–H groups in total. The third-order valence-electron chi connectivity index (χ3n) is 4.23. The molecule has 0 radical (unpaired) electrons. The summed E-state index contributed by atoms with van der Waals surface area (Å²) in [6, 6.07) is 10.7. The second-order valence-electron chi connectivity index (χ2n) is 6.49. The number of hydrogen-bond acceptors (Lipinski definition) is 8. The number of thioether (sulfide) groups is 2. The van der Waals surface area contributed by atoms with E-state index in [9.17, 15) is 14.4 Å². The van der Waals surface area contributed by atoms with Crippen molar-refractivity contribution in [3.8, 4) is 0 Å². The van der Waals surface area contributed by atoms with Gasteiger partial charge in [-0.15, -0.1) is 10.2 Å². The van der Waals surface area contributed by atoms with Crippen LogP contribution in [0.2, 0.25) is 0 Å². The minimum atomic E-state index is -0.643. The molecule has 3 heterocycles. The van der Waals surface area contributed by atoms with Crippen molar-refractivity contribution in [2.24, 2.45) is 10.2 Å². The molecule has 2 saturated heterocycles. The third kappa shape index (κ3) is 5.57. The molecule has 2 aliphatic rings. The minimum Gasteiger partial charge on any atom is -0.467 e. The highest BCUT2D eigenvalue weighted by atomic mass is 79.9. The Morgan fingerprint density at radius 3 is 2.74 bits per heavy atom. The van der Waals surface area contributed by atoms with E-state index in [1.165, 1.54) is 22.9 Å². The number of carbonyl (C=O) groups excluding carboxylic acids is 3. The van der Waals surface area contributed by atoms with E-state index in [0.29, 0.717) is 21.8 Å². The first-order valence-electron chi connectivity index (χ1n) is 9.12. The number of carbonyl (C=O) groups is 3. The summed E-state index contributed by atoms with van der Waals surface area (Å²) in [6.07, 6.45) is 1.50. The van der Waals surface area contributed by atoms with Crippen molar-refractivity contribution in [1.82, 2.24) is 10.2 Å². The Hall–Kier alpha value is -2.57. The highest BCUT2D eigenvalue weighted by molar-refractivity contribution is 9.10. The number of amidine groups is 2. The van der Waals surface area contributed by atoms with Crippen molar-refractivity contribution in [3.63, 3.8) is 0 Å². The lowest BCUT2D eigenvalue weighted by molar-refractivity contribution is -0.128. The molecule has 31 heavy (non-hydrogen) atoms. The lowest BCUT2D eigenvalue weighted by atomic mass is 10.2. The van der Waals surface area contributed by atoms with Crippen molar-refractivity contribution in [1.29, 1.82) is 0 Å². The van der Waals surface area contributed by atoms with E-state index in [-0.39, 0.29) is 36.4 Å². The summed E-state index contributed by atoms with van der Waals surface area (Å²) in [6.45, 7) is 0.173. The monoisotopic (exact) mass is 521 g/mol. The molecular weight excluding hydrogens is 506 g/mol. The van der Waals surface area contributed by atoms with Gasteiger partial charge in [-0.3, -0.25) is 19.3 Å². The van der Waals surface area contributed by atoms with Gasteiger partial charge in [-0.25, -0.2) is 0 Å². The fraction of sp³-hybridized carbons (Fsp3) is 0.211. The molecule has 0 spiro atoms. The van der Waals surface area contributed by atoms with Gasteiger partial charge in [0, 0.05) is 16.6 Å². The number of rotatable bonds is 6. The van der Waals surface area contributed by atoms with E-state index >= 15 is 0 Å². The van der Waals surface area contributed by atoms with Gasteiger partial charge in [0.2, 0.25) is 17.7 Å². The molecule has 0 unspecified atom stereocenters. The Morgan fingerprint density at radius 2 is 2.06 bits per heavy atom. The van der Waals surface area contributed by atoms with Crippen molar-refractivity contribution in [2.75, 3.05) is 11.1 Å². The number of halogens is 1. The molecule has 0 aliphatic carbocycles. The number of anilines is 1. The zero-order valence-corrected chi connectivity index (χ0v) is 19.1. The number of amides is 3. The van der Waals surface area contributed by atoms with E-state index in [2.05, 4.69) is 36.8 Å². The molecule has 1 atom stereocenters. The third-order valence-corrected chi connectivity index (χ3v) is 6.78. The fourth-order valence-electron chi connectivity index (χ4n) is 2.80. The lowest BCUT2D eigenvalue weighted by Gasteiger charge is -2.14. The van der Waals surface area contributed by atoms with Crippen LogP contribution in [0.3, 0.4) is 0 Å². The molecule has 1 aromatic heterocycles. The number of nitrogens with zero attached hydrogens (tertiary/aromatic N) is 3. The van der Waals surface area contributed by atoms with Gasteiger partial charge >= 0.3 is 0 Å². The highest BCUT2D eigenvalue weighted by Gasteiger charge is 2.40. The summed E-state index contributed by atoms with van der Waals surface area (Å²) in [5.74, 6) is 0.184. The summed E-state index contributed by atoms with van der Waals surface area (Å²) in [5.41, 5.74) is 0.644. The second-order valence-corrected chi connectivity index (χ2v) is 9.54. The average molecular weight is 522 g/mol. The predicted octanol–water partition coefficient (Wildman–Crippen LogP) is 3.00. The Bertz CT molecular complexity index is 1060. The molecular formula is C19H16BrN5O4S2. The van der Waals surface area contributed by atoms with Crippen LogP contribution < -0.4 is 10.6 Å². The zero-order valence-electron chi connectivity index (χ0n) is 15.9. The summed E-state index contributed by atoms with van der Waals surface area (Å²) >= 11 is 5.75. The zero-order chi connectivity index (χ0) is 21.8. The van der Waals surface area contributed by atoms with Gasteiger partial charge in [0.05, 0.1) is 18.6 Å². The van der Waals surface area contributed by atoms with Crippen LogP contribution in [0.4, 0.5) is 5.69 Å². The van der Waals surface area contributed by atoms with Crippen LogP contribution in [0.15, 0.2) is 61.8 Å². The van der Waals surface area contributed by atoms with Gasteiger partial charge in [0.15, 0.2) is 10.3 Å². The molecule has 4 rings (SSSR count). The first-order valence-corrected chi connectivity index (χ1v) is 11.8. The summed E-state index contributed by atoms with van der Waals surface area (Å²) in [5, 5.41) is 13.7. The van der Waals surface area contributed by atoms with E-state index in [0.717, 1.165) is 16.2 Å². The standard InChI is InChI=1S/C19H16BrN5O4S2/c20-11-3-5-12(6-4-11)21-15(26)8-14-17(28)25(9-13-2-1-7-29-13)19(31-14)24-23-18-22-16(27)10-30-18/h1-7,14H,8-10H2,(H,21,26)(H,22,23,27)/b24-19-/t14-/m0/s1. The normalized spacial score (nSPS) is 21.2. The minimum absolute atomic E-state index is 0.0186. The van der Waals surface area contributed by atoms with Crippen LogP contribution in [0.1, 0.15) is 12.2 Å². The molecule has 0 bridgehead atoms. The van der Waals surface area contributed by atoms with Crippen LogP contribution in [0.5, 0.6) is 0 Å². The van der Waals surface area contributed by atoms with Crippen molar-refractivity contribution >= 4 is 73.2 Å². The van der Waals surface area contributed by atoms with Crippen molar-refractivity contribution < 1.29 is 18.8 Å². The topological polar surface area (TPSA) is 116 Å². The first kappa shape index (κ1) is 21.7. The first-order chi connectivity index (χ1) is 15.0. The Labute approximate surface area is 194 Å². The fourth-order valence-corrected chi connectivity index (χ4v) is 4.78. The summed E-state index contributed by atoms with van der Waals surface area (Å²) in [4.78, 5) is 38.3. The Kier molecular flexibility index (Phi) is 6.78. The second kappa shape index (κ2) is 9.71. The van der Waals surface area contributed by atoms with Crippen molar-refractivity contribution in [2.45, 2.75) is 18.2 Å². The van der Waals surface area contributed by atoms with Crippen LogP contribution in [-0.2, 0) is 20.9 Å². The maximum Gasteiger partial charge on any atom is 0.243 e. The number of hydrogen-bond donors (Lipinski definition) is 2. The molecule has 3 amide bonds. The molecule has 12 heteroatoms. The molecule has 9 nitrogen and oxygen atoms in total. The van der Waals surface area contributed by atoms with Crippen LogP contribution in [0, 0.1) is 0 Å². The van der Waals surface area contributed by atoms with E-state index in [1.54, 1.807) is 24.3 Å². The molecule has 2 fully saturated rings. The maximum atomic E-state index is 13.0. The average Bonchev–Trinajstić information content (AvgIpc) is 3.46. The van der Waals surface area contributed by atoms with Crippen LogP contribution in [-0.4, -0.2) is 44.0 Å². The predicted molar refractivity (Wildman–Crippen MR) is 123 cm³/mol. The Morgan fingerprint density at radius 1 is 1.26 bits per heavy atom. The lowest BCUT2D eigenvalue weighted by Crippen LogP contribution is -2.33. The molecule has 160 valence electrons. The summed E-state index contributed by atoms with van der Waals surface area (Å²) in [7, 11) is 0. The molecule has 1 aromatic carbocycles. The van der Waals surface area contributed by atoms with Gasteiger partial charge in [0.25, 0.3) is 0 Å². The molecule has 2 aliphatic heterocycles.